The summed E-state index contributed by atoms with van der Waals surface area (Å²) < 4.78 is 4.83. The molecule has 0 fully saturated rings. The van der Waals surface area contributed by atoms with Gasteiger partial charge in [0.15, 0.2) is 0 Å². The lowest BCUT2D eigenvalue weighted by atomic mass is 10.1. The first-order valence-corrected chi connectivity index (χ1v) is 5.02. The predicted molar refractivity (Wildman–Crippen MR) is 53.3 cm³/mol. The van der Waals surface area contributed by atoms with E-state index in [-0.39, 0.29) is 12.5 Å². The van der Waals surface area contributed by atoms with Crippen molar-refractivity contribution in [2.75, 3.05) is 13.2 Å². The molecule has 0 aliphatic rings. The number of esters is 1. The summed E-state index contributed by atoms with van der Waals surface area (Å²) >= 11 is 0. The number of nitrogens with two attached hydrogens (primary N) is 1. The Kier molecular flexibility index (Phi) is 7.69. The van der Waals surface area contributed by atoms with Crippen molar-refractivity contribution in [3.8, 4) is 0 Å². The molecule has 0 saturated carbocycles. The van der Waals surface area contributed by atoms with Gasteiger partial charge in [0, 0.05) is 0 Å². The van der Waals surface area contributed by atoms with Crippen molar-refractivity contribution in [3.63, 3.8) is 0 Å². The second-order valence-electron chi connectivity index (χ2n) is 3.67. The average Bonchev–Trinajstić information content (AvgIpc) is 2.10. The van der Waals surface area contributed by atoms with E-state index in [2.05, 4.69) is 13.8 Å². The van der Waals surface area contributed by atoms with Crippen LogP contribution in [0.4, 0.5) is 0 Å². The molecule has 0 bridgehead atoms. The Morgan fingerprint density at radius 2 is 2.00 bits per heavy atom. The summed E-state index contributed by atoms with van der Waals surface area (Å²) in [5.74, 6) is 0.468. The van der Waals surface area contributed by atoms with E-state index in [0.29, 0.717) is 6.61 Å². The molecule has 0 aromatic carbocycles. The van der Waals surface area contributed by atoms with Gasteiger partial charge in [0.05, 0.1) is 13.2 Å². The average molecular weight is 187 g/mol. The van der Waals surface area contributed by atoms with Crippen molar-refractivity contribution in [1.29, 1.82) is 0 Å². The maximum atomic E-state index is 10.6. The van der Waals surface area contributed by atoms with Gasteiger partial charge in [-0.1, -0.05) is 33.1 Å². The van der Waals surface area contributed by atoms with Crippen LogP contribution in [0.25, 0.3) is 0 Å². The normalized spacial score (nSPS) is 10.5. The first-order chi connectivity index (χ1) is 6.16. The highest BCUT2D eigenvalue weighted by atomic mass is 16.5. The lowest BCUT2D eigenvalue weighted by molar-refractivity contribution is -0.142. The van der Waals surface area contributed by atoms with Gasteiger partial charge in [-0.05, 0) is 12.3 Å². The van der Waals surface area contributed by atoms with Crippen LogP contribution in [0.15, 0.2) is 0 Å². The maximum absolute atomic E-state index is 10.6. The van der Waals surface area contributed by atoms with Crippen molar-refractivity contribution in [3.05, 3.63) is 0 Å². The first-order valence-electron chi connectivity index (χ1n) is 5.02. The molecule has 0 aromatic heterocycles. The number of hydrogen-bond donors (Lipinski definition) is 1. The SMILES string of the molecule is CC(C)CCCCCOC(=O)CN. The second-order valence-corrected chi connectivity index (χ2v) is 3.67. The Morgan fingerprint density at radius 1 is 1.31 bits per heavy atom. The van der Waals surface area contributed by atoms with Gasteiger partial charge in [0.1, 0.15) is 0 Å². The maximum Gasteiger partial charge on any atom is 0.319 e. The van der Waals surface area contributed by atoms with Crippen LogP contribution < -0.4 is 5.73 Å². The van der Waals surface area contributed by atoms with Crippen molar-refractivity contribution in [2.45, 2.75) is 39.5 Å². The number of rotatable bonds is 7. The van der Waals surface area contributed by atoms with Gasteiger partial charge in [-0.3, -0.25) is 4.79 Å². The molecule has 0 aliphatic carbocycles. The first kappa shape index (κ1) is 12.4. The largest absolute Gasteiger partial charge is 0.465 e. The Balaban J connectivity index is 3.04. The van der Waals surface area contributed by atoms with Crippen LogP contribution in [-0.2, 0) is 9.53 Å². The van der Waals surface area contributed by atoms with Gasteiger partial charge >= 0.3 is 5.97 Å². The fourth-order valence-electron chi connectivity index (χ4n) is 1.08. The van der Waals surface area contributed by atoms with Crippen LogP contribution >= 0.6 is 0 Å². The summed E-state index contributed by atoms with van der Waals surface area (Å²) in [5.41, 5.74) is 5.08. The third-order valence-electron chi connectivity index (χ3n) is 1.86. The van der Waals surface area contributed by atoms with Crippen LogP contribution in [-0.4, -0.2) is 19.1 Å². The van der Waals surface area contributed by atoms with Crippen LogP contribution in [0.1, 0.15) is 39.5 Å². The number of carbonyl (C=O) groups excluding carboxylic acids is 1. The molecule has 2 N–H and O–H groups in total. The lowest BCUT2D eigenvalue weighted by Crippen LogP contribution is -2.17. The summed E-state index contributed by atoms with van der Waals surface area (Å²) in [7, 11) is 0. The summed E-state index contributed by atoms with van der Waals surface area (Å²) in [6.07, 6.45) is 4.57. The zero-order valence-corrected chi connectivity index (χ0v) is 8.71. The van der Waals surface area contributed by atoms with E-state index in [1.807, 2.05) is 0 Å². The highest BCUT2D eigenvalue weighted by Gasteiger charge is 1.98. The molecule has 0 saturated heterocycles. The smallest absolute Gasteiger partial charge is 0.319 e. The van der Waals surface area contributed by atoms with Crippen LogP contribution in [0, 0.1) is 5.92 Å². The number of carbonyl (C=O) groups is 1. The third-order valence-corrected chi connectivity index (χ3v) is 1.86. The third kappa shape index (κ3) is 9.34. The number of ether oxygens (including phenoxy) is 1. The minimum Gasteiger partial charge on any atom is -0.465 e. The highest BCUT2D eigenvalue weighted by Crippen LogP contribution is 2.07. The molecule has 0 radical (unpaired) electrons. The molecule has 78 valence electrons. The van der Waals surface area contributed by atoms with Crippen molar-refractivity contribution in [1.82, 2.24) is 0 Å². The molecule has 0 heterocycles. The molecule has 0 rings (SSSR count). The molecule has 0 spiro atoms. The summed E-state index contributed by atoms with van der Waals surface area (Å²) in [5, 5.41) is 0. The molecule has 3 heteroatoms. The molecule has 0 aromatic rings. The van der Waals surface area contributed by atoms with E-state index in [4.69, 9.17) is 10.5 Å². The minimum absolute atomic E-state index is 0.00794. The quantitative estimate of drug-likeness (QED) is 0.487. The summed E-state index contributed by atoms with van der Waals surface area (Å²) in [6.45, 7) is 4.95. The van der Waals surface area contributed by atoms with E-state index in [1.54, 1.807) is 0 Å². The molecular formula is C10H21NO2. The van der Waals surface area contributed by atoms with E-state index in [0.717, 1.165) is 18.8 Å². The van der Waals surface area contributed by atoms with E-state index >= 15 is 0 Å². The highest BCUT2D eigenvalue weighted by molar-refractivity contribution is 5.71. The monoisotopic (exact) mass is 187 g/mol. The Labute approximate surface area is 80.6 Å². The van der Waals surface area contributed by atoms with Crippen molar-refractivity contribution in [2.24, 2.45) is 11.7 Å². The number of unbranched alkanes of at least 4 members (excludes halogenated alkanes) is 2. The molecule has 13 heavy (non-hydrogen) atoms. The van der Waals surface area contributed by atoms with Gasteiger partial charge in [0.25, 0.3) is 0 Å². The van der Waals surface area contributed by atoms with Crippen LogP contribution in [0.5, 0.6) is 0 Å². The van der Waals surface area contributed by atoms with Crippen molar-refractivity contribution >= 4 is 5.97 Å². The van der Waals surface area contributed by atoms with E-state index in [9.17, 15) is 4.79 Å². The molecule has 0 atom stereocenters. The molecule has 0 unspecified atom stereocenters. The van der Waals surface area contributed by atoms with E-state index in [1.165, 1.54) is 12.8 Å². The molecule has 3 nitrogen and oxygen atoms in total. The van der Waals surface area contributed by atoms with Gasteiger partial charge in [-0.15, -0.1) is 0 Å². The van der Waals surface area contributed by atoms with E-state index < -0.39 is 0 Å². The lowest BCUT2D eigenvalue weighted by Gasteiger charge is -2.04. The Hall–Kier alpha value is -0.570. The zero-order chi connectivity index (χ0) is 10.1. The van der Waals surface area contributed by atoms with Gasteiger partial charge in [0.2, 0.25) is 0 Å². The molecular weight excluding hydrogens is 166 g/mol. The predicted octanol–water partition coefficient (Wildman–Crippen LogP) is 1.70. The number of hydrogen-bond acceptors (Lipinski definition) is 3. The minimum atomic E-state index is -0.302. The van der Waals surface area contributed by atoms with Crippen LogP contribution in [0.2, 0.25) is 0 Å². The van der Waals surface area contributed by atoms with Crippen LogP contribution in [0.3, 0.4) is 0 Å². The topological polar surface area (TPSA) is 52.3 Å². The fraction of sp³-hybridized carbons (Fsp3) is 0.900. The van der Waals surface area contributed by atoms with Gasteiger partial charge in [-0.25, -0.2) is 0 Å². The van der Waals surface area contributed by atoms with Crippen molar-refractivity contribution < 1.29 is 9.53 Å². The van der Waals surface area contributed by atoms with Gasteiger partial charge < -0.3 is 10.5 Å². The fourth-order valence-corrected chi connectivity index (χ4v) is 1.08. The Morgan fingerprint density at radius 3 is 2.54 bits per heavy atom. The molecule has 0 aliphatic heterocycles. The Bertz CT molecular complexity index is 135. The standard InChI is InChI=1S/C10H21NO2/c1-9(2)6-4-3-5-7-13-10(12)8-11/h9H,3-8,11H2,1-2H3. The summed E-state index contributed by atoms with van der Waals surface area (Å²) in [6, 6.07) is 0. The zero-order valence-electron chi connectivity index (χ0n) is 8.71. The van der Waals surface area contributed by atoms with Gasteiger partial charge in [-0.2, -0.15) is 0 Å². The second kappa shape index (κ2) is 8.05. The molecule has 0 amide bonds. The summed E-state index contributed by atoms with van der Waals surface area (Å²) in [4.78, 5) is 10.6.